The van der Waals surface area contributed by atoms with Gasteiger partial charge in [-0.15, -0.1) is 0 Å². The van der Waals surface area contributed by atoms with E-state index in [1.807, 2.05) is 0 Å². The first-order chi connectivity index (χ1) is 5.83. The summed E-state index contributed by atoms with van der Waals surface area (Å²) in [7, 11) is 0. The number of rotatable bonds is 3. The summed E-state index contributed by atoms with van der Waals surface area (Å²) in [5.74, 6) is 0. The predicted molar refractivity (Wildman–Crippen MR) is 39.7 cm³/mol. The first-order valence-corrected chi connectivity index (χ1v) is 3.52. The number of hydrogen-bond acceptors (Lipinski definition) is 0. The molecule has 1 radical (unpaired) electrons. The summed E-state index contributed by atoms with van der Waals surface area (Å²) < 4.78 is 36.6. The molecule has 3 heteroatoms. The van der Waals surface area contributed by atoms with Gasteiger partial charge in [-0.2, -0.15) is 0 Å². The third-order valence-corrected chi connectivity index (χ3v) is 1.71. The lowest BCUT2D eigenvalue weighted by Crippen LogP contribution is -1.95. The molecule has 0 aliphatic rings. The molecule has 0 saturated heterocycles. The summed E-state index contributed by atoms with van der Waals surface area (Å²) >= 11 is 0. The minimum Gasteiger partial charge on any atom is -0.246 e. The molecule has 0 spiro atoms. The fraction of sp³-hybridized carbons (Fsp3) is 0.333. The van der Waals surface area contributed by atoms with Crippen molar-refractivity contribution in [3.05, 3.63) is 34.9 Å². The van der Waals surface area contributed by atoms with E-state index in [0.717, 1.165) is 0 Å². The van der Waals surface area contributed by atoms with Crippen LogP contribution in [0.3, 0.4) is 0 Å². The van der Waals surface area contributed by atoms with Crippen LogP contribution in [0, 0.1) is 6.07 Å². The largest absolute Gasteiger partial charge is 0.246 e. The number of benzene rings is 1. The Morgan fingerprint density at radius 2 is 1.42 bits per heavy atom. The Bertz CT molecular complexity index is 236. The van der Waals surface area contributed by atoms with E-state index in [4.69, 9.17) is 0 Å². The van der Waals surface area contributed by atoms with Gasteiger partial charge in [-0.05, 0) is 34.9 Å². The van der Waals surface area contributed by atoms with E-state index >= 15 is 0 Å². The average molecular weight is 173 g/mol. The van der Waals surface area contributed by atoms with Gasteiger partial charge in [-0.3, -0.25) is 0 Å². The second-order valence-electron chi connectivity index (χ2n) is 2.39. The van der Waals surface area contributed by atoms with Gasteiger partial charge in [0.2, 0.25) is 0 Å². The number of halogens is 3. The molecule has 0 amide bonds. The monoisotopic (exact) mass is 173 g/mol. The molecule has 0 bridgehead atoms. The topological polar surface area (TPSA) is 0 Å². The van der Waals surface area contributed by atoms with Gasteiger partial charge in [0, 0.05) is 0 Å². The molecule has 0 atom stereocenters. The van der Waals surface area contributed by atoms with Crippen molar-refractivity contribution < 1.29 is 13.2 Å². The van der Waals surface area contributed by atoms with E-state index in [-0.39, 0.29) is 16.7 Å². The van der Waals surface area contributed by atoms with Crippen LogP contribution in [0.15, 0.2) is 12.1 Å². The Balaban J connectivity index is 3.13. The normalized spacial score (nSPS) is 10.2. The fourth-order valence-electron chi connectivity index (χ4n) is 1.03. The van der Waals surface area contributed by atoms with Crippen molar-refractivity contribution in [3.8, 4) is 0 Å². The molecule has 0 saturated carbocycles. The lowest BCUT2D eigenvalue weighted by Gasteiger charge is -2.05. The van der Waals surface area contributed by atoms with Crippen molar-refractivity contribution in [3.63, 3.8) is 0 Å². The maximum atomic E-state index is 12.3. The Hall–Kier alpha value is -0.990. The summed E-state index contributed by atoms with van der Waals surface area (Å²) in [5, 5.41) is 0. The van der Waals surface area contributed by atoms with Gasteiger partial charge in [0.15, 0.2) is 0 Å². The molecule has 1 rings (SSSR count). The van der Waals surface area contributed by atoms with Crippen molar-refractivity contribution in [2.45, 2.75) is 20.0 Å². The molecule has 0 nitrogen and oxygen atoms in total. The molecule has 0 aliphatic heterocycles. The lowest BCUT2D eigenvalue weighted by atomic mass is 10.0. The lowest BCUT2D eigenvalue weighted by molar-refractivity contribution is 0.436. The highest BCUT2D eigenvalue weighted by molar-refractivity contribution is 5.33. The van der Waals surface area contributed by atoms with Crippen molar-refractivity contribution in [1.82, 2.24) is 0 Å². The summed E-state index contributed by atoms with van der Waals surface area (Å²) in [4.78, 5) is 0. The standard InChI is InChI=1S/C9H8F3/c10-4-7-2-1-3-8(5-11)9(7)6-12/h2-3H,4-6H2. The molecule has 65 valence electrons. The second kappa shape index (κ2) is 4.14. The molecule has 0 N–H and O–H groups in total. The SMILES string of the molecule is FCc1c[c]cc(CF)c1CF. The molecule has 1 aromatic carbocycles. The zero-order valence-electron chi connectivity index (χ0n) is 6.41. The average Bonchev–Trinajstić information content (AvgIpc) is 2.16. The van der Waals surface area contributed by atoms with Gasteiger partial charge in [0.25, 0.3) is 0 Å². The summed E-state index contributed by atoms with van der Waals surface area (Å²) in [6.45, 7) is -2.37. The van der Waals surface area contributed by atoms with E-state index in [0.29, 0.717) is 0 Å². The van der Waals surface area contributed by atoms with Crippen LogP contribution in [-0.2, 0) is 20.0 Å². The molecular weight excluding hydrogens is 165 g/mol. The van der Waals surface area contributed by atoms with E-state index in [9.17, 15) is 13.2 Å². The van der Waals surface area contributed by atoms with Gasteiger partial charge >= 0.3 is 0 Å². The number of hydrogen-bond donors (Lipinski definition) is 0. The second-order valence-corrected chi connectivity index (χ2v) is 2.39. The smallest absolute Gasteiger partial charge is 0.115 e. The van der Waals surface area contributed by atoms with E-state index < -0.39 is 20.0 Å². The van der Waals surface area contributed by atoms with Crippen LogP contribution in [-0.4, -0.2) is 0 Å². The molecular formula is C9H8F3. The van der Waals surface area contributed by atoms with Crippen molar-refractivity contribution in [2.24, 2.45) is 0 Å². The van der Waals surface area contributed by atoms with Crippen LogP contribution in [0.5, 0.6) is 0 Å². The zero-order valence-corrected chi connectivity index (χ0v) is 6.41. The minimum absolute atomic E-state index is 0.124. The van der Waals surface area contributed by atoms with E-state index in [2.05, 4.69) is 6.07 Å². The molecule has 1 aromatic rings. The molecule has 0 aromatic heterocycles. The van der Waals surface area contributed by atoms with Gasteiger partial charge in [-0.1, -0.05) is 0 Å². The van der Waals surface area contributed by atoms with Crippen LogP contribution in [0.25, 0.3) is 0 Å². The highest BCUT2D eigenvalue weighted by Crippen LogP contribution is 2.17. The summed E-state index contributed by atoms with van der Waals surface area (Å²) in [5.41, 5.74) is 0.499. The zero-order chi connectivity index (χ0) is 8.97. The Kier molecular flexibility index (Phi) is 3.14. The van der Waals surface area contributed by atoms with Crippen molar-refractivity contribution >= 4 is 0 Å². The Labute approximate surface area is 69.0 Å². The van der Waals surface area contributed by atoms with Crippen molar-refractivity contribution in [2.75, 3.05) is 0 Å². The Morgan fingerprint density at radius 1 is 0.917 bits per heavy atom. The summed E-state index contributed by atoms with van der Waals surface area (Å²) in [6.07, 6.45) is 0. The van der Waals surface area contributed by atoms with Crippen molar-refractivity contribution in [1.29, 1.82) is 0 Å². The van der Waals surface area contributed by atoms with Crippen LogP contribution in [0.1, 0.15) is 16.7 Å². The first-order valence-electron chi connectivity index (χ1n) is 3.52. The molecule has 0 fully saturated rings. The van der Waals surface area contributed by atoms with Gasteiger partial charge in [0.05, 0.1) is 0 Å². The van der Waals surface area contributed by atoms with Gasteiger partial charge in [0.1, 0.15) is 20.0 Å². The van der Waals surface area contributed by atoms with E-state index in [1.54, 1.807) is 0 Å². The van der Waals surface area contributed by atoms with E-state index in [1.165, 1.54) is 12.1 Å². The van der Waals surface area contributed by atoms with Crippen LogP contribution >= 0.6 is 0 Å². The molecule has 12 heavy (non-hydrogen) atoms. The highest BCUT2D eigenvalue weighted by atomic mass is 19.1. The maximum absolute atomic E-state index is 12.3. The summed E-state index contributed by atoms with van der Waals surface area (Å²) in [6, 6.07) is 5.24. The third kappa shape index (κ3) is 1.60. The molecule has 0 aliphatic carbocycles. The fourth-order valence-corrected chi connectivity index (χ4v) is 1.03. The predicted octanol–water partition coefficient (Wildman–Crippen LogP) is 2.90. The molecule has 0 unspecified atom stereocenters. The Morgan fingerprint density at radius 3 is 1.75 bits per heavy atom. The van der Waals surface area contributed by atoms with Crippen LogP contribution in [0.2, 0.25) is 0 Å². The number of alkyl halides is 3. The minimum atomic E-state index is -0.826. The molecule has 0 heterocycles. The third-order valence-electron chi connectivity index (χ3n) is 1.71. The van der Waals surface area contributed by atoms with Gasteiger partial charge < -0.3 is 0 Å². The maximum Gasteiger partial charge on any atom is 0.115 e. The highest BCUT2D eigenvalue weighted by Gasteiger charge is 2.07. The van der Waals surface area contributed by atoms with Crippen LogP contribution in [0.4, 0.5) is 13.2 Å². The van der Waals surface area contributed by atoms with Crippen LogP contribution < -0.4 is 0 Å². The first kappa shape index (κ1) is 9.10. The van der Waals surface area contributed by atoms with Gasteiger partial charge in [-0.25, -0.2) is 13.2 Å². The quantitative estimate of drug-likeness (QED) is 0.659.